The minimum Gasteiger partial charge on any atom is -0.223 e. The minimum atomic E-state index is -3.21. The molecule has 2 aromatic carbocycles. The molecule has 0 spiro atoms. The van der Waals surface area contributed by atoms with E-state index in [-0.39, 0.29) is 5.25 Å². The van der Waals surface area contributed by atoms with Gasteiger partial charge in [-0.25, -0.2) is 8.42 Å². The summed E-state index contributed by atoms with van der Waals surface area (Å²) in [5.74, 6) is 0. The van der Waals surface area contributed by atoms with Crippen molar-refractivity contribution in [3.8, 4) is 0 Å². The third-order valence-corrected chi connectivity index (χ3v) is 5.96. The minimum absolute atomic E-state index is 0.303. The van der Waals surface area contributed by atoms with Gasteiger partial charge in [-0.05, 0) is 42.2 Å². The van der Waals surface area contributed by atoms with Crippen molar-refractivity contribution in [1.29, 1.82) is 0 Å². The summed E-state index contributed by atoms with van der Waals surface area (Å²) < 4.78 is 25.2. The van der Waals surface area contributed by atoms with Crippen molar-refractivity contribution >= 4 is 20.6 Å². The molecule has 3 heteroatoms. The molecule has 1 radical (unpaired) electrons. The molecule has 1 aliphatic rings. The first-order chi connectivity index (χ1) is 9.18. The van der Waals surface area contributed by atoms with E-state index in [4.69, 9.17) is 0 Å². The molecule has 99 valence electrons. The molecule has 19 heavy (non-hydrogen) atoms. The van der Waals surface area contributed by atoms with Gasteiger partial charge in [0.05, 0.1) is 10.1 Å². The van der Waals surface area contributed by atoms with Gasteiger partial charge in [0, 0.05) is 0 Å². The quantitative estimate of drug-likeness (QED) is 0.835. The molecule has 1 fully saturated rings. The van der Waals surface area contributed by atoms with Gasteiger partial charge in [-0.3, -0.25) is 0 Å². The lowest BCUT2D eigenvalue weighted by molar-refractivity contribution is 0.543. The van der Waals surface area contributed by atoms with Crippen molar-refractivity contribution in [1.82, 2.24) is 0 Å². The standard InChI is InChI=1S/C16H17O2S/c17-19(18,15-8-2-1-3-9-15)16-11-10-13-6-4-5-7-14(13)12-16/h4-8,10-12,15H,1-3,9H2/t15-/m1/s1. The molecule has 0 N–H and O–H groups in total. The Morgan fingerprint density at radius 3 is 2.47 bits per heavy atom. The van der Waals surface area contributed by atoms with Gasteiger partial charge in [0.1, 0.15) is 0 Å². The van der Waals surface area contributed by atoms with Crippen molar-refractivity contribution < 1.29 is 8.42 Å². The van der Waals surface area contributed by atoms with Crippen LogP contribution in [0.2, 0.25) is 0 Å². The molecule has 0 saturated heterocycles. The second-order valence-corrected chi connectivity index (χ2v) is 7.28. The normalized spacial score (nSPS) is 17.7. The van der Waals surface area contributed by atoms with E-state index in [0.29, 0.717) is 4.90 Å². The zero-order valence-corrected chi connectivity index (χ0v) is 11.6. The van der Waals surface area contributed by atoms with Gasteiger partial charge in [0.2, 0.25) is 0 Å². The molecule has 1 atom stereocenters. The molecule has 0 heterocycles. The Labute approximate surface area is 114 Å². The van der Waals surface area contributed by atoms with Crippen LogP contribution in [0.4, 0.5) is 0 Å². The molecular weight excluding hydrogens is 256 g/mol. The molecule has 0 aliphatic heterocycles. The van der Waals surface area contributed by atoms with Crippen LogP contribution in [0.25, 0.3) is 10.8 Å². The van der Waals surface area contributed by atoms with Crippen molar-refractivity contribution in [2.24, 2.45) is 0 Å². The molecule has 0 unspecified atom stereocenters. The van der Waals surface area contributed by atoms with Crippen LogP contribution in [-0.4, -0.2) is 13.7 Å². The Hall–Kier alpha value is -1.35. The maximum absolute atomic E-state index is 12.6. The summed E-state index contributed by atoms with van der Waals surface area (Å²) in [4.78, 5) is 0.453. The average Bonchev–Trinajstić information content (AvgIpc) is 2.47. The molecule has 2 aromatic rings. The lowest BCUT2D eigenvalue weighted by Crippen LogP contribution is -2.24. The zero-order valence-electron chi connectivity index (χ0n) is 10.7. The maximum Gasteiger partial charge on any atom is 0.181 e. The number of fused-ring (bicyclic) bond motifs is 1. The van der Waals surface area contributed by atoms with Gasteiger partial charge in [-0.2, -0.15) is 0 Å². The van der Waals surface area contributed by atoms with Gasteiger partial charge < -0.3 is 0 Å². The van der Waals surface area contributed by atoms with E-state index >= 15 is 0 Å². The second kappa shape index (κ2) is 4.97. The van der Waals surface area contributed by atoms with E-state index in [1.807, 2.05) is 36.8 Å². The average molecular weight is 273 g/mol. The first-order valence-electron chi connectivity index (χ1n) is 6.74. The summed E-state index contributed by atoms with van der Waals surface area (Å²) >= 11 is 0. The predicted molar refractivity (Wildman–Crippen MR) is 77.7 cm³/mol. The van der Waals surface area contributed by atoms with Crippen LogP contribution in [0.1, 0.15) is 25.7 Å². The highest BCUT2D eigenvalue weighted by atomic mass is 32.2. The molecule has 1 aliphatic carbocycles. The van der Waals surface area contributed by atoms with Crippen molar-refractivity contribution in [3.63, 3.8) is 0 Å². The third-order valence-electron chi connectivity index (χ3n) is 3.82. The van der Waals surface area contributed by atoms with Crippen LogP contribution in [-0.2, 0) is 9.84 Å². The smallest absolute Gasteiger partial charge is 0.181 e. The van der Waals surface area contributed by atoms with Crippen molar-refractivity contribution in [3.05, 3.63) is 48.9 Å². The molecule has 0 bridgehead atoms. The van der Waals surface area contributed by atoms with E-state index in [9.17, 15) is 8.42 Å². The Kier molecular flexibility index (Phi) is 3.31. The monoisotopic (exact) mass is 273 g/mol. The fraction of sp³-hybridized carbons (Fsp3) is 0.312. The van der Waals surface area contributed by atoms with Gasteiger partial charge in [-0.1, -0.05) is 43.2 Å². The first-order valence-corrected chi connectivity index (χ1v) is 8.28. The Morgan fingerprint density at radius 2 is 1.74 bits per heavy atom. The Morgan fingerprint density at radius 1 is 0.947 bits per heavy atom. The number of rotatable bonds is 2. The van der Waals surface area contributed by atoms with Crippen LogP contribution in [0.15, 0.2) is 47.4 Å². The van der Waals surface area contributed by atoms with E-state index in [0.717, 1.165) is 36.5 Å². The summed E-state index contributed by atoms with van der Waals surface area (Å²) in [7, 11) is -3.21. The van der Waals surface area contributed by atoms with Crippen molar-refractivity contribution in [2.45, 2.75) is 35.8 Å². The summed E-state index contributed by atoms with van der Waals surface area (Å²) in [5, 5.41) is 1.76. The summed E-state index contributed by atoms with van der Waals surface area (Å²) in [6.45, 7) is 0. The largest absolute Gasteiger partial charge is 0.223 e. The van der Waals surface area contributed by atoms with E-state index in [1.54, 1.807) is 12.1 Å². The number of hydrogen-bond donors (Lipinski definition) is 0. The zero-order chi connectivity index (χ0) is 13.3. The number of sulfone groups is 1. The van der Waals surface area contributed by atoms with E-state index in [1.165, 1.54) is 0 Å². The summed E-state index contributed by atoms with van der Waals surface area (Å²) in [5.41, 5.74) is 0. The highest BCUT2D eigenvalue weighted by Crippen LogP contribution is 2.29. The highest BCUT2D eigenvalue weighted by Gasteiger charge is 2.29. The molecule has 0 amide bonds. The van der Waals surface area contributed by atoms with Crippen LogP contribution < -0.4 is 0 Å². The van der Waals surface area contributed by atoms with Crippen LogP contribution in [0.5, 0.6) is 0 Å². The van der Waals surface area contributed by atoms with Gasteiger partial charge in [-0.15, -0.1) is 0 Å². The van der Waals surface area contributed by atoms with E-state index in [2.05, 4.69) is 0 Å². The topological polar surface area (TPSA) is 34.1 Å². The van der Waals surface area contributed by atoms with Crippen LogP contribution >= 0.6 is 0 Å². The van der Waals surface area contributed by atoms with Crippen LogP contribution in [0.3, 0.4) is 0 Å². The Balaban J connectivity index is 2.02. The lowest BCUT2D eigenvalue weighted by atomic mass is 10.0. The number of hydrogen-bond acceptors (Lipinski definition) is 2. The first kappa shape index (κ1) is 12.7. The highest BCUT2D eigenvalue weighted by molar-refractivity contribution is 7.92. The summed E-state index contributed by atoms with van der Waals surface area (Å²) in [6.07, 6.45) is 5.76. The molecule has 1 saturated carbocycles. The molecule has 2 nitrogen and oxygen atoms in total. The molecule has 0 aromatic heterocycles. The maximum atomic E-state index is 12.6. The third kappa shape index (κ3) is 2.39. The van der Waals surface area contributed by atoms with Crippen molar-refractivity contribution in [2.75, 3.05) is 0 Å². The van der Waals surface area contributed by atoms with Gasteiger partial charge in [0.25, 0.3) is 0 Å². The van der Waals surface area contributed by atoms with Crippen LogP contribution in [0, 0.1) is 6.42 Å². The number of benzene rings is 2. The fourth-order valence-corrected chi connectivity index (χ4v) is 4.48. The molecular formula is C16H17O2S. The van der Waals surface area contributed by atoms with Gasteiger partial charge >= 0.3 is 0 Å². The Bertz CT molecular complexity index is 683. The fourth-order valence-electron chi connectivity index (χ4n) is 2.71. The van der Waals surface area contributed by atoms with E-state index < -0.39 is 9.84 Å². The lowest BCUT2D eigenvalue weighted by Gasteiger charge is -2.21. The second-order valence-electron chi connectivity index (χ2n) is 5.11. The predicted octanol–water partition coefficient (Wildman–Crippen LogP) is 3.76. The molecule has 3 rings (SSSR count). The van der Waals surface area contributed by atoms with Gasteiger partial charge in [0.15, 0.2) is 9.84 Å². The summed E-state index contributed by atoms with van der Waals surface area (Å²) in [6, 6.07) is 13.3. The SMILES string of the molecule is O=S(=O)(c1ccc2ccccc2c1)[C@@H]1[CH]CCCC1.